The highest BCUT2D eigenvalue weighted by Crippen LogP contribution is 2.30. The highest BCUT2D eigenvalue weighted by molar-refractivity contribution is 9.10. The lowest BCUT2D eigenvalue weighted by atomic mass is 10.1. The molecule has 0 aromatic heterocycles. The van der Waals surface area contributed by atoms with Gasteiger partial charge in [-0.2, -0.15) is 5.10 Å². The Morgan fingerprint density at radius 2 is 1.78 bits per heavy atom. The van der Waals surface area contributed by atoms with E-state index in [1.807, 2.05) is 37.3 Å². The summed E-state index contributed by atoms with van der Waals surface area (Å²) in [6.07, 6.45) is 0.0805. The van der Waals surface area contributed by atoms with Crippen LogP contribution in [0.25, 0.3) is 0 Å². The molecule has 0 unspecified atom stereocenters. The van der Waals surface area contributed by atoms with E-state index in [9.17, 15) is 9.59 Å². The number of nitrogens with two attached hydrogens (primary N) is 1. The number of thioether (sulfide) groups is 1. The quantitative estimate of drug-likeness (QED) is 0.338. The fraction of sp³-hybridized carbons (Fsp3) is 0.158. The van der Waals surface area contributed by atoms with E-state index in [1.54, 1.807) is 24.3 Å². The fourth-order valence-electron chi connectivity index (χ4n) is 2.59. The number of imide groups is 1. The Morgan fingerprint density at radius 3 is 2.44 bits per heavy atom. The average Bonchev–Trinajstić information content (AvgIpc) is 2.94. The average molecular weight is 445 g/mol. The van der Waals surface area contributed by atoms with Gasteiger partial charge in [0.15, 0.2) is 5.17 Å². The number of nitrogens with zero attached hydrogens (tertiary/aromatic N) is 3. The molecule has 1 fully saturated rings. The summed E-state index contributed by atoms with van der Waals surface area (Å²) in [5.74, 6) is -0.550. The molecule has 0 radical (unpaired) electrons. The Hall–Kier alpha value is -2.45. The van der Waals surface area contributed by atoms with Crippen LogP contribution >= 0.6 is 27.7 Å². The summed E-state index contributed by atoms with van der Waals surface area (Å²) >= 11 is 4.39. The zero-order chi connectivity index (χ0) is 19.4. The van der Waals surface area contributed by atoms with E-state index in [2.05, 4.69) is 26.1 Å². The minimum atomic E-state index is -0.600. The van der Waals surface area contributed by atoms with Crippen molar-refractivity contribution in [1.82, 2.24) is 0 Å². The maximum absolute atomic E-state index is 12.6. The van der Waals surface area contributed by atoms with Gasteiger partial charge < -0.3 is 5.73 Å². The van der Waals surface area contributed by atoms with E-state index in [0.29, 0.717) is 11.4 Å². The van der Waals surface area contributed by atoms with Crippen LogP contribution < -0.4 is 10.6 Å². The van der Waals surface area contributed by atoms with E-state index in [0.717, 1.165) is 21.8 Å². The first-order chi connectivity index (χ1) is 13.0. The molecule has 1 heterocycles. The summed E-state index contributed by atoms with van der Waals surface area (Å²) in [6, 6.07) is 16.6. The summed E-state index contributed by atoms with van der Waals surface area (Å²) in [5, 5.41) is 7.65. The number of hydrogen-bond donors (Lipinski definition) is 1. The fourth-order valence-corrected chi connectivity index (χ4v) is 3.66. The van der Waals surface area contributed by atoms with Gasteiger partial charge in [-0.05, 0) is 36.8 Å². The molecule has 27 heavy (non-hydrogen) atoms. The van der Waals surface area contributed by atoms with Crippen molar-refractivity contribution in [2.24, 2.45) is 15.9 Å². The highest BCUT2D eigenvalue weighted by Gasteiger charge is 2.40. The molecule has 1 aliphatic rings. The molecular weight excluding hydrogens is 428 g/mol. The van der Waals surface area contributed by atoms with Crippen molar-refractivity contribution in [2.75, 3.05) is 4.90 Å². The first-order valence-corrected chi connectivity index (χ1v) is 9.85. The number of benzene rings is 2. The topological polar surface area (TPSA) is 88.1 Å². The molecule has 0 aliphatic carbocycles. The number of halogens is 1. The molecule has 0 bridgehead atoms. The molecule has 0 saturated carbocycles. The van der Waals surface area contributed by atoms with Crippen molar-refractivity contribution >= 4 is 56.1 Å². The molecule has 138 valence electrons. The Morgan fingerprint density at radius 1 is 1.11 bits per heavy atom. The summed E-state index contributed by atoms with van der Waals surface area (Å²) in [4.78, 5) is 26.1. The van der Waals surface area contributed by atoms with Crippen molar-refractivity contribution in [2.45, 2.75) is 18.6 Å². The van der Waals surface area contributed by atoms with Crippen LogP contribution in [0, 0.1) is 0 Å². The predicted molar refractivity (Wildman–Crippen MR) is 113 cm³/mol. The van der Waals surface area contributed by atoms with Gasteiger partial charge in [-0.3, -0.25) is 9.59 Å². The highest BCUT2D eigenvalue weighted by atomic mass is 79.9. The minimum absolute atomic E-state index is 0.0805. The summed E-state index contributed by atoms with van der Waals surface area (Å²) in [6.45, 7) is 1.83. The third-order valence-corrected chi connectivity index (χ3v) is 5.45. The predicted octanol–water partition coefficient (Wildman–Crippen LogP) is 3.55. The van der Waals surface area contributed by atoms with E-state index < -0.39 is 5.25 Å². The molecule has 1 saturated heterocycles. The molecule has 8 heteroatoms. The smallest absolute Gasteiger partial charge is 0.247 e. The SMILES string of the molecule is CC(=NN=C(N)S[C@@H]1CC(=O)N(c2ccc(Br)cc2)C1=O)c1ccccc1. The molecule has 2 amide bonds. The van der Waals surface area contributed by atoms with Crippen molar-refractivity contribution < 1.29 is 9.59 Å². The molecule has 2 N–H and O–H groups in total. The standard InChI is InChI=1S/C19H17BrN4O2S/c1-12(13-5-3-2-4-6-13)22-23-19(21)27-16-11-17(25)24(18(16)26)15-9-7-14(20)8-10-15/h2-10,16H,11H2,1H3,(H2,21,23)/t16-/m1/s1. The van der Waals surface area contributed by atoms with E-state index in [-0.39, 0.29) is 23.4 Å². The lowest BCUT2D eigenvalue weighted by molar-refractivity contribution is -0.121. The van der Waals surface area contributed by atoms with Crippen molar-refractivity contribution in [3.8, 4) is 0 Å². The minimum Gasteiger partial charge on any atom is -0.377 e. The number of carbonyl (C=O) groups excluding carboxylic acids is 2. The molecule has 1 atom stereocenters. The Kier molecular flexibility index (Phi) is 6.08. The zero-order valence-electron chi connectivity index (χ0n) is 14.5. The van der Waals surface area contributed by atoms with Crippen LogP contribution in [0.1, 0.15) is 18.9 Å². The van der Waals surface area contributed by atoms with Gasteiger partial charge in [0.1, 0.15) is 5.25 Å². The molecule has 1 aliphatic heterocycles. The number of carbonyl (C=O) groups is 2. The van der Waals surface area contributed by atoms with Gasteiger partial charge in [-0.1, -0.05) is 58.0 Å². The van der Waals surface area contributed by atoms with Gasteiger partial charge in [-0.15, -0.1) is 5.10 Å². The lowest BCUT2D eigenvalue weighted by Gasteiger charge is -2.14. The normalized spacial score (nSPS) is 18.3. The number of anilines is 1. The summed E-state index contributed by atoms with van der Waals surface area (Å²) in [5.41, 5.74) is 8.11. The molecule has 6 nitrogen and oxygen atoms in total. The van der Waals surface area contributed by atoms with Gasteiger partial charge in [0.2, 0.25) is 11.8 Å². The Labute approximate surface area is 169 Å². The first kappa shape index (κ1) is 19.3. The number of amides is 2. The second-order valence-electron chi connectivity index (χ2n) is 5.84. The van der Waals surface area contributed by atoms with Crippen molar-refractivity contribution in [3.05, 3.63) is 64.6 Å². The third-order valence-electron chi connectivity index (χ3n) is 3.94. The molecule has 2 aromatic rings. The van der Waals surface area contributed by atoms with Crippen molar-refractivity contribution in [3.63, 3.8) is 0 Å². The van der Waals surface area contributed by atoms with E-state index in [1.165, 1.54) is 4.90 Å². The lowest BCUT2D eigenvalue weighted by Crippen LogP contribution is -2.31. The third kappa shape index (κ3) is 4.64. The molecule has 0 spiro atoms. The van der Waals surface area contributed by atoms with Gasteiger partial charge >= 0.3 is 0 Å². The maximum Gasteiger partial charge on any atom is 0.247 e. The van der Waals surface area contributed by atoms with Gasteiger partial charge in [0.25, 0.3) is 0 Å². The number of amidine groups is 1. The molecule has 2 aromatic carbocycles. The molecular formula is C19H17BrN4O2S. The number of rotatable bonds is 4. The maximum atomic E-state index is 12.6. The zero-order valence-corrected chi connectivity index (χ0v) is 16.9. The van der Waals surface area contributed by atoms with Crippen LogP contribution in [0.15, 0.2) is 69.3 Å². The summed E-state index contributed by atoms with van der Waals surface area (Å²) < 4.78 is 0.874. The molecule has 3 rings (SSSR count). The van der Waals surface area contributed by atoms with Crippen LogP contribution in [0.4, 0.5) is 5.69 Å². The van der Waals surface area contributed by atoms with Crippen LogP contribution in [0.3, 0.4) is 0 Å². The first-order valence-electron chi connectivity index (χ1n) is 8.18. The van der Waals surface area contributed by atoms with Crippen LogP contribution in [-0.4, -0.2) is 27.9 Å². The van der Waals surface area contributed by atoms with Gasteiger partial charge in [0, 0.05) is 10.9 Å². The second kappa shape index (κ2) is 8.49. The van der Waals surface area contributed by atoms with Gasteiger partial charge in [-0.25, -0.2) is 4.90 Å². The van der Waals surface area contributed by atoms with Crippen LogP contribution in [0.5, 0.6) is 0 Å². The van der Waals surface area contributed by atoms with Crippen LogP contribution in [0.2, 0.25) is 0 Å². The van der Waals surface area contributed by atoms with E-state index >= 15 is 0 Å². The largest absolute Gasteiger partial charge is 0.377 e. The monoisotopic (exact) mass is 444 g/mol. The second-order valence-corrected chi connectivity index (χ2v) is 7.98. The van der Waals surface area contributed by atoms with E-state index in [4.69, 9.17) is 5.73 Å². The number of hydrogen-bond acceptors (Lipinski definition) is 5. The summed E-state index contributed by atoms with van der Waals surface area (Å²) in [7, 11) is 0. The van der Waals surface area contributed by atoms with Gasteiger partial charge in [0.05, 0.1) is 11.4 Å². The van der Waals surface area contributed by atoms with Crippen LogP contribution in [-0.2, 0) is 9.59 Å². The Bertz CT molecular complexity index is 913. The Balaban J connectivity index is 1.69. The van der Waals surface area contributed by atoms with Crippen molar-refractivity contribution in [1.29, 1.82) is 0 Å².